The molecule has 0 aromatic heterocycles. The summed E-state index contributed by atoms with van der Waals surface area (Å²) >= 11 is 0. The maximum atomic E-state index is 12.6. The molecule has 2 aromatic carbocycles. The molecular formula is C19H17F3N2O2. The standard InChI is InChI=1S/C19H17F3N2O2/c1-18(2)14-5-3-4-6-15(14)24(17(18)26)11-16(25)23-13-9-7-12(8-10-13)19(20,21)22/h3-10H,11H2,1-2H3,(H,23,25). The van der Waals surface area contributed by atoms with Gasteiger partial charge >= 0.3 is 6.18 Å². The number of carbonyl (C=O) groups excluding carboxylic acids is 2. The fraction of sp³-hybridized carbons (Fsp3) is 0.263. The van der Waals surface area contributed by atoms with E-state index in [4.69, 9.17) is 0 Å². The lowest BCUT2D eigenvalue weighted by molar-refractivity contribution is -0.137. The van der Waals surface area contributed by atoms with Gasteiger partial charge in [0.05, 0.1) is 11.0 Å². The molecule has 3 rings (SSSR count). The van der Waals surface area contributed by atoms with Gasteiger partial charge in [0.15, 0.2) is 0 Å². The van der Waals surface area contributed by atoms with Crippen LogP contribution in [0.4, 0.5) is 24.5 Å². The minimum atomic E-state index is -4.43. The van der Waals surface area contributed by atoms with Gasteiger partial charge < -0.3 is 10.2 Å². The van der Waals surface area contributed by atoms with Crippen molar-refractivity contribution in [2.24, 2.45) is 0 Å². The van der Waals surface area contributed by atoms with E-state index in [1.807, 2.05) is 12.1 Å². The number of hydrogen-bond acceptors (Lipinski definition) is 2. The summed E-state index contributed by atoms with van der Waals surface area (Å²) in [6, 6.07) is 11.4. The molecule has 0 saturated carbocycles. The lowest BCUT2D eigenvalue weighted by Crippen LogP contribution is -2.40. The zero-order valence-corrected chi connectivity index (χ0v) is 14.2. The van der Waals surface area contributed by atoms with Gasteiger partial charge in [0, 0.05) is 11.4 Å². The van der Waals surface area contributed by atoms with E-state index in [0.717, 1.165) is 17.7 Å². The van der Waals surface area contributed by atoms with E-state index in [2.05, 4.69) is 5.32 Å². The normalized spacial score (nSPS) is 15.7. The molecule has 2 aromatic rings. The minimum absolute atomic E-state index is 0.193. The highest BCUT2D eigenvalue weighted by Crippen LogP contribution is 2.41. The van der Waals surface area contributed by atoms with Crippen molar-refractivity contribution in [2.75, 3.05) is 16.8 Å². The summed E-state index contributed by atoms with van der Waals surface area (Å²) in [5.74, 6) is -0.674. The predicted octanol–water partition coefficient (Wildman–Crippen LogP) is 3.97. The van der Waals surface area contributed by atoms with E-state index >= 15 is 0 Å². The van der Waals surface area contributed by atoms with Crippen molar-refractivity contribution in [3.63, 3.8) is 0 Å². The van der Waals surface area contributed by atoms with Crippen LogP contribution in [0.3, 0.4) is 0 Å². The lowest BCUT2D eigenvalue weighted by atomic mass is 9.86. The Labute approximate surface area is 148 Å². The summed E-state index contributed by atoms with van der Waals surface area (Å²) in [7, 11) is 0. The molecule has 0 unspecified atom stereocenters. The Kier molecular flexibility index (Phi) is 4.26. The smallest absolute Gasteiger partial charge is 0.325 e. The Balaban J connectivity index is 1.74. The van der Waals surface area contributed by atoms with Crippen molar-refractivity contribution >= 4 is 23.2 Å². The maximum Gasteiger partial charge on any atom is 0.416 e. The Morgan fingerprint density at radius 2 is 1.69 bits per heavy atom. The second-order valence-corrected chi connectivity index (χ2v) is 6.66. The number of hydrogen-bond donors (Lipinski definition) is 1. The first kappa shape index (κ1) is 18.0. The molecule has 0 radical (unpaired) electrons. The van der Waals surface area contributed by atoms with Crippen LogP contribution in [0.2, 0.25) is 0 Å². The van der Waals surface area contributed by atoms with Gasteiger partial charge in [-0.05, 0) is 49.7 Å². The van der Waals surface area contributed by atoms with Gasteiger partial charge in [0.25, 0.3) is 0 Å². The van der Waals surface area contributed by atoms with Crippen LogP contribution in [0.25, 0.3) is 0 Å². The van der Waals surface area contributed by atoms with Gasteiger partial charge in [-0.25, -0.2) is 0 Å². The predicted molar refractivity (Wildman–Crippen MR) is 91.9 cm³/mol. The minimum Gasteiger partial charge on any atom is -0.325 e. The highest BCUT2D eigenvalue weighted by Gasteiger charge is 2.44. The molecule has 1 N–H and O–H groups in total. The monoisotopic (exact) mass is 362 g/mol. The third kappa shape index (κ3) is 3.16. The number of anilines is 2. The fourth-order valence-electron chi connectivity index (χ4n) is 3.04. The highest BCUT2D eigenvalue weighted by atomic mass is 19.4. The number of amides is 2. The molecular weight excluding hydrogens is 345 g/mol. The van der Waals surface area contributed by atoms with Gasteiger partial charge in [-0.1, -0.05) is 18.2 Å². The first-order valence-corrected chi connectivity index (χ1v) is 7.99. The first-order valence-electron chi connectivity index (χ1n) is 7.99. The van der Waals surface area contributed by atoms with Crippen LogP contribution in [0.15, 0.2) is 48.5 Å². The van der Waals surface area contributed by atoms with E-state index in [-0.39, 0.29) is 18.1 Å². The molecule has 0 saturated heterocycles. The molecule has 1 aliphatic heterocycles. The maximum absolute atomic E-state index is 12.6. The van der Waals surface area contributed by atoms with Crippen LogP contribution in [0.1, 0.15) is 25.0 Å². The molecule has 0 fully saturated rings. The van der Waals surface area contributed by atoms with Crippen molar-refractivity contribution in [3.05, 3.63) is 59.7 Å². The number of alkyl halides is 3. The lowest BCUT2D eigenvalue weighted by Gasteiger charge is -2.20. The van der Waals surface area contributed by atoms with Gasteiger partial charge in [-0.3, -0.25) is 9.59 Å². The Bertz CT molecular complexity index is 858. The number of para-hydroxylation sites is 1. The first-order chi connectivity index (χ1) is 12.1. The second-order valence-electron chi connectivity index (χ2n) is 6.66. The molecule has 0 bridgehead atoms. The van der Waals surface area contributed by atoms with Gasteiger partial charge in [-0.2, -0.15) is 13.2 Å². The SMILES string of the molecule is CC1(C)C(=O)N(CC(=O)Nc2ccc(C(F)(F)F)cc2)c2ccccc21. The number of nitrogens with zero attached hydrogens (tertiary/aromatic N) is 1. The van der Waals surface area contributed by atoms with Crippen LogP contribution in [0, 0.1) is 0 Å². The van der Waals surface area contributed by atoms with Crippen LogP contribution < -0.4 is 10.2 Å². The van der Waals surface area contributed by atoms with E-state index < -0.39 is 23.1 Å². The molecule has 4 nitrogen and oxygen atoms in total. The van der Waals surface area contributed by atoms with Crippen LogP contribution in [-0.2, 0) is 21.2 Å². The Morgan fingerprint density at radius 3 is 2.31 bits per heavy atom. The van der Waals surface area contributed by atoms with E-state index in [1.54, 1.807) is 26.0 Å². The molecule has 0 aliphatic carbocycles. The molecule has 0 atom stereocenters. The van der Waals surface area contributed by atoms with E-state index in [0.29, 0.717) is 5.69 Å². The fourth-order valence-corrected chi connectivity index (χ4v) is 3.04. The van der Waals surface area contributed by atoms with Crippen LogP contribution in [-0.4, -0.2) is 18.4 Å². The topological polar surface area (TPSA) is 49.4 Å². The van der Waals surface area contributed by atoms with Crippen molar-refractivity contribution in [1.29, 1.82) is 0 Å². The molecule has 1 heterocycles. The molecule has 0 spiro atoms. The summed E-state index contributed by atoms with van der Waals surface area (Å²) in [4.78, 5) is 26.3. The average molecular weight is 362 g/mol. The van der Waals surface area contributed by atoms with Crippen molar-refractivity contribution < 1.29 is 22.8 Å². The van der Waals surface area contributed by atoms with Crippen molar-refractivity contribution in [2.45, 2.75) is 25.4 Å². The molecule has 2 amide bonds. The number of fused-ring (bicyclic) bond motifs is 1. The third-order valence-corrected chi connectivity index (χ3v) is 4.45. The molecule has 26 heavy (non-hydrogen) atoms. The summed E-state index contributed by atoms with van der Waals surface area (Å²) in [5, 5.41) is 2.53. The Morgan fingerprint density at radius 1 is 1.08 bits per heavy atom. The Hall–Kier alpha value is -2.83. The quantitative estimate of drug-likeness (QED) is 0.898. The van der Waals surface area contributed by atoms with E-state index in [9.17, 15) is 22.8 Å². The summed E-state index contributed by atoms with van der Waals surface area (Å²) in [6.07, 6.45) is -4.43. The zero-order valence-electron chi connectivity index (χ0n) is 14.2. The van der Waals surface area contributed by atoms with Gasteiger partial charge in [0.1, 0.15) is 6.54 Å². The number of rotatable bonds is 3. The average Bonchev–Trinajstić information content (AvgIpc) is 2.76. The zero-order chi connectivity index (χ0) is 19.1. The second kappa shape index (κ2) is 6.16. The summed E-state index contributed by atoms with van der Waals surface area (Å²) in [6.45, 7) is 3.38. The number of benzene rings is 2. The summed E-state index contributed by atoms with van der Waals surface area (Å²) < 4.78 is 37.7. The van der Waals surface area contributed by atoms with Crippen LogP contribution >= 0.6 is 0 Å². The summed E-state index contributed by atoms with van der Waals surface area (Å²) in [5.41, 5.74) is 0.228. The number of halogens is 3. The molecule has 1 aliphatic rings. The van der Waals surface area contributed by atoms with Crippen molar-refractivity contribution in [1.82, 2.24) is 0 Å². The largest absolute Gasteiger partial charge is 0.416 e. The van der Waals surface area contributed by atoms with Gasteiger partial charge in [-0.15, -0.1) is 0 Å². The van der Waals surface area contributed by atoms with Crippen LogP contribution in [0.5, 0.6) is 0 Å². The van der Waals surface area contributed by atoms with E-state index in [1.165, 1.54) is 17.0 Å². The van der Waals surface area contributed by atoms with Gasteiger partial charge in [0.2, 0.25) is 11.8 Å². The molecule has 7 heteroatoms. The van der Waals surface area contributed by atoms with Crippen molar-refractivity contribution in [3.8, 4) is 0 Å². The highest BCUT2D eigenvalue weighted by molar-refractivity contribution is 6.11. The third-order valence-electron chi connectivity index (χ3n) is 4.45. The number of nitrogens with one attached hydrogen (secondary N) is 1. The number of carbonyl (C=O) groups is 2. The molecule has 136 valence electrons.